The fourth-order valence-corrected chi connectivity index (χ4v) is 2.28. The molecule has 23 heavy (non-hydrogen) atoms. The Hall–Kier alpha value is -1.63. The predicted molar refractivity (Wildman–Crippen MR) is 92.2 cm³/mol. The highest BCUT2D eigenvalue weighted by Gasteiger charge is 2.16. The Labute approximate surface area is 142 Å². The number of nitrogens with one attached hydrogen (secondary N) is 3. The van der Waals surface area contributed by atoms with Crippen molar-refractivity contribution in [3.05, 3.63) is 29.8 Å². The minimum Gasteiger partial charge on any atom is -0.381 e. The van der Waals surface area contributed by atoms with E-state index in [0.717, 1.165) is 12.8 Å². The third-order valence-electron chi connectivity index (χ3n) is 3.59. The zero-order valence-corrected chi connectivity index (χ0v) is 14.1. The van der Waals surface area contributed by atoms with Gasteiger partial charge >= 0.3 is 0 Å². The molecule has 0 bridgehead atoms. The van der Waals surface area contributed by atoms with E-state index in [0.29, 0.717) is 37.4 Å². The van der Waals surface area contributed by atoms with Gasteiger partial charge in [-0.2, -0.15) is 0 Å². The summed E-state index contributed by atoms with van der Waals surface area (Å²) in [7, 11) is 1.80. The van der Waals surface area contributed by atoms with Crippen LogP contribution < -0.4 is 16.0 Å². The Morgan fingerprint density at radius 1 is 1.17 bits per heavy atom. The zero-order valence-electron chi connectivity index (χ0n) is 13.3. The van der Waals surface area contributed by atoms with E-state index in [2.05, 4.69) is 16.0 Å². The Morgan fingerprint density at radius 2 is 1.83 bits per heavy atom. The summed E-state index contributed by atoms with van der Waals surface area (Å²) in [5.74, 6) is -0.131. The molecule has 0 atom stereocenters. The van der Waals surface area contributed by atoms with Crippen molar-refractivity contribution in [1.82, 2.24) is 10.6 Å². The van der Waals surface area contributed by atoms with Gasteiger partial charge in [0.05, 0.1) is 0 Å². The summed E-state index contributed by atoms with van der Waals surface area (Å²) >= 11 is 0. The van der Waals surface area contributed by atoms with E-state index in [9.17, 15) is 9.59 Å². The van der Waals surface area contributed by atoms with Crippen LogP contribution in [0, 0.1) is 0 Å². The highest BCUT2D eigenvalue weighted by Crippen LogP contribution is 2.12. The Balaban J connectivity index is 0.00000264. The number of carbonyl (C=O) groups excluding carboxylic acids is 2. The van der Waals surface area contributed by atoms with Gasteiger partial charge in [0.15, 0.2) is 0 Å². The van der Waals surface area contributed by atoms with Gasteiger partial charge in [0.1, 0.15) is 0 Å². The minimum absolute atomic E-state index is 0. The van der Waals surface area contributed by atoms with Gasteiger partial charge in [0.25, 0.3) is 5.91 Å². The van der Waals surface area contributed by atoms with Crippen molar-refractivity contribution in [1.29, 1.82) is 0 Å². The average Bonchev–Trinajstić information content (AvgIpc) is 2.54. The number of amides is 2. The summed E-state index contributed by atoms with van der Waals surface area (Å²) in [6, 6.07) is 7.12. The number of hydrogen-bond donors (Lipinski definition) is 3. The van der Waals surface area contributed by atoms with E-state index in [1.807, 2.05) is 0 Å². The van der Waals surface area contributed by atoms with Crippen molar-refractivity contribution >= 4 is 29.9 Å². The monoisotopic (exact) mass is 341 g/mol. The quantitative estimate of drug-likeness (QED) is 0.733. The molecule has 128 valence electrons. The molecule has 0 radical (unpaired) electrons. The summed E-state index contributed by atoms with van der Waals surface area (Å²) in [6.07, 6.45) is 2.12. The lowest BCUT2D eigenvalue weighted by Crippen LogP contribution is -2.38. The van der Waals surface area contributed by atoms with Crippen LogP contribution in [0.25, 0.3) is 0 Å². The predicted octanol–water partition coefficient (Wildman–Crippen LogP) is 1.57. The normalized spacial score (nSPS) is 14.7. The van der Waals surface area contributed by atoms with E-state index in [1.165, 1.54) is 0 Å². The molecular formula is C16H24ClN3O3. The maximum atomic E-state index is 12.1. The first kappa shape index (κ1) is 19.4. The van der Waals surface area contributed by atoms with E-state index >= 15 is 0 Å². The van der Waals surface area contributed by atoms with Crippen molar-refractivity contribution in [2.45, 2.75) is 25.3 Å². The second-order valence-corrected chi connectivity index (χ2v) is 5.34. The van der Waals surface area contributed by atoms with Gasteiger partial charge in [-0.3, -0.25) is 9.59 Å². The molecule has 1 aliphatic rings. The molecule has 1 aliphatic heterocycles. The molecule has 2 rings (SSSR count). The lowest BCUT2D eigenvalue weighted by molar-refractivity contribution is -0.116. The number of halogens is 1. The topological polar surface area (TPSA) is 79.5 Å². The molecule has 1 saturated heterocycles. The van der Waals surface area contributed by atoms with Gasteiger partial charge < -0.3 is 20.7 Å². The highest BCUT2D eigenvalue weighted by molar-refractivity contribution is 5.96. The molecule has 0 saturated carbocycles. The first-order chi connectivity index (χ1) is 10.7. The van der Waals surface area contributed by atoms with Gasteiger partial charge in [-0.15, -0.1) is 12.4 Å². The summed E-state index contributed by atoms with van der Waals surface area (Å²) in [6.45, 7) is 2.03. The third-order valence-corrected chi connectivity index (χ3v) is 3.59. The molecule has 0 spiro atoms. The van der Waals surface area contributed by atoms with E-state index in [1.54, 1.807) is 31.3 Å². The van der Waals surface area contributed by atoms with Crippen molar-refractivity contribution < 1.29 is 14.3 Å². The largest absolute Gasteiger partial charge is 0.381 e. The summed E-state index contributed by atoms with van der Waals surface area (Å²) in [5.41, 5.74) is 1.29. The molecule has 0 aliphatic carbocycles. The number of anilines is 1. The summed E-state index contributed by atoms with van der Waals surface area (Å²) in [4.78, 5) is 23.8. The smallest absolute Gasteiger partial charge is 0.251 e. The lowest BCUT2D eigenvalue weighted by Gasteiger charge is -2.23. The van der Waals surface area contributed by atoms with Crippen LogP contribution in [0.5, 0.6) is 0 Å². The third kappa shape index (κ3) is 6.56. The van der Waals surface area contributed by atoms with Crippen LogP contribution >= 0.6 is 12.4 Å². The molecule has 7 heteroatoms. The van der Waals surface area contributed by atoms with Gasteiger partial charge in [-0.05, 0) is 44.2 Å². The molecule has 1 aromatic rings. The van der Waals surface area contributed by atoms with E-state index in [-0.39, 0.29) is 30.3 Å². The summed E-state index contributed by atoms with van der Waals surface area (Å²) in [5, 5.41) is 8.73. The first-order valence-corrected chi connectivity index (χ1v) is 7.62. The van der Waals surface area contributed by atoms with Crippen molar-refractivity contribution in [3.63, 3.8) is 0 Å². The van der Waals surface area contributed by atoms with Crippen molar-refractivity contribution in [2.24, 2.45) is 0 Å². The fourth-order valence-electron chi connectivity index (χ4n) is 2.28. The number of ether oxygens (including phenoxy) is 1. The molecule has 1 heterocycles. The molecule has 1 fully saturated rings. The van der Waals surface area contributed by atoms with Crippen LogP contribution in [0.4, 0.5) is 5.69 Å². The Kier molecular flexibility index (Phi) is 8.61. The number of benzene rings is 1. The Morgan fingerprint density at radius 3 is 2.43 bits per heavy atom. The molecule has 2 amide bonds. The molecule has 3 N–H and O–H groups in total. The number of rotatable bonds is 6. The number of hydrogen-bond acceptors (Lipinski definition) is 4. The molecule has 1 aromatic carbocycles. The maximum Gasteiger partial charge on any atom is 0.251 e. The lowest BCUT2D eigenvalue weighted by atomic mass is 10.1. The minimum atomic E-state index is -0.0834. The van der Waals surface area contributed by atoms with Gasteiger partial charge in [-0.1, -0.05) is 0 Å². The van der Waals surface area contributed by atoms with Crippen LogP contribution in [0.15, 0.2) is 24.3 Å². The van der Waals surface area contributed by atoms with Crippen LogP contribution in [-0.2, 0) is 9.53 Å². The SMILES string of the molecule is CNCCC(=O)Nc1ccc(C(=O)NC2CCOCC2)cc1.Cl. The first-order valence-electron chi connectivity index (χ1n) is 7.62. The van der Waals surface area contributed by atoms with E-state index in [4.69, 9.17) is 4.74 Å². The van der Waals surface area contributed by atoms with Crippen LogP contribution in [0.2, 0.25) is 0 Å². The fraction of sp³-hybridized carbons (Fsp3) is 0.500. The molecule has 0 aromatic heterocycles. The van der Waals surface area contributed by atoms with Crippen molar-refractivity contribution in [2.75, 3.05) is 32.1 Å². The second kappa shape index (κ2) is 10.2. The van der Waals surface area contributed by atoms with Crippen molar-refractivity contribution in [3.8, 4) is 0 Å². The standard InChI is InChI=1S/C16H23N3O3.ClH/c1-17-9-6-15(20)18-13-4-2-12(3-5-13)16(21)19-14-7-10-22-11-8-14;/h2-5,14,17H,6-11H2,1H3,(H,18,20)(H,19,21);1H. The molecule has 6 nitrogen and oxygen atoms in total. The zero-order chi connectivity index (χ0) is 15.8. The summed E-state index contributed by atoms with van der Waals surface area (Å²) < 4.78 is 5.27. The van der Waals surface area contributed by atoms with Gasteiger partial charge in [0, 0.05) is 43.5 Å². The van der Waals surface area contributed by atoms with Gasteiger partial charge in [-0.25, -0.2) is 0 Å². The maximum absolute atomic E-state index is 12.1. The van der Waals surface area contributed by atoms with Crippen LogP contribution in [-0.4, -0.2) is 44.7 Å². The van der Waals surface area contributed by atoms with Crippen LogP contribution in [0.3, 0.4) is 0 Å². The van der Waals surface area contributed by atoms with Crippen LogP contribution in [0.1, 0.15) is 29.6 Å². The average molecular weight is 342 g/mol. The highest BCUT2D eigenvalue weighted by atomic mass is 35.5. The van der Waals surface area contributed by atoms with Gasteiger partial charge in [0.2, 0.25) is 5.91 Å². The second-order valence-electron chi connectivity index (χ2n) is 5.34. The molecular weight excluding hydrogens is 318 g/mol. The number of carbonyl (C=O) groups is 2. The van der Waals surface area contributed by atoms with E-state index < -0.39 is 0 Å². The molecule has 0 unspecified atom stereocenters. The Bertz CT molecular complexity index is 502.